The van der Waals surface area contributed by atoms with Crippen LogP contribution >= 0.6 is 0 Å². The van der Waals surface area contributed by atoms with Crippen LogP contribution in [0.15, 0.2) is 193 Å². The van der Waals surface area contributed by atoms with Gasteiger partial charge in [-0.1, -0.05) is 140 Å². The molecule has 0 saturated carbocycles. The van der Waals surface area contributed by atoms with Gasteiger partial charge in [0.1, 0.15) is 17.3 Å². The summed E-state index contributed by atoms with van der Waals surface area (Å²) in [6, 6.07) is 59.2. The monoisotopic (exact) mass is 746 g/mol. The third-order valence-corrected chi connectivity index (χ3v) is 11.8. The molecule has 12 rings (SSSR count). The Morgan fingerprint density at radius 2 is 1.07 bits per heavy atom. The topological polar surface area (TPSA) is 60.4 Å². The Hall–Kier alpha value is -7.57. The van der Waals surface area contributed by atoms with Crippen LogP contribution in [0.25, 0.3) is 45.3 Å². The van der Waals surface area contributed by atoms with Gasteiger partial charge in [-0.25, -0.2) is 15.0 Å². The third kappa shape index (κ3) is 4.81. The minimum atomic E-state index is -0.545. The molecule has 0 unspecified atom stereocenters. The van der Waals surface area contributed by atoms with Crippen molar-refractivity contribution < 1.29 is 9.47 Å². The van der Waals surface area contributed by atoms with Crippen LogP contribution in [0.5, 0.6) is 17.2 Å². The van der Waals surface area contributed by atoms with Gasteiger partial charge in [0.25, 0.3) is 0 Å². The van der Waals surface area contributed by atoms with Gasteiger partial charge in [-0.3, -0.25) is 0 Å². The molecular formula is C52H34N4O2. The Bertz CT molecular complexity index is 3000. The molecule has 0 saturated heterocycles. The molecule has 0 N–H and O–H groups in total. The van der Waals surface area contributed by atoms with Crippen molar-refractivity contribution in [2.75, 3.05) is 4.90 Å². The molecule has 7 aromatic carbocycles. The molecule has 8 aromatic rings. The number of hydrogen-bond acceptors (Lipinski definition) is 6. The van der Waals surface area contributed by atoms with Gasteiger partial charge < -0.3 is 14.4 Å². The molecule has 6 nitrogen and oxygen atoms in total. The number of allylic oxidation sites excluding steroid dienone is 3. The van der Waals surface area contributed by atoms with E-state index in [9.17, 15) is 0 Å². The van der Waals surface area contributed by atoms with Gasteiger partial charge in [-0.05, 0) is 71.1 Å². The fourth-order valence-electron chi connectivity index (χ4n) is 9.34. The number of rotatable bonds is 4. The molecule has 2 aliphatic heterocycles. The van der Waals surface area contributed by atoms with Crippen LogP contribution in [-0.2, 0) is 5.41 Å². The summed E-state index contributed by atoms with van der Waals surface area (Å²) in [4.78, 5) is 17.7. The van der Waals surface area contributed by atoms with Crippen LogP contribution in [0.3, 0.4) is 0 Å². The van der Waals surface area contributed by atoms with E-state index in [1.54, 1.807) is 0 Å². The molecule has 1 spiro atoms. The molecule has 3 heterocycles. The number of nitrogens with zero attached hydrogens (tertiary/aromatic N) is 4. The lowest BCUT2D eigenvalue weighted by Crippen LogP contribution is -2.32. The van der Waals surface area contributed by atoms with Crippen LogP contribution in [0.1, 0.15) is 35.1 Å². The fourth-order valence-corrected chi connectivity index (χ4v) is 9.34. The van der Waals surface area contributed by atoms with Crippen molar-refractivity contribution in [3.63, 3.8) is 0 Å². The van der Waals surface area contributed by atoms with Crippen LogP contribution in [-0.4, -0.2) is 15.0 Å². The summed E-state index contributed by atoms with van der Waals surface area (Å²) in [5.41, 5.74) is 12.3. The van der Waals surface area contributed by atoms with Crippen molar-refractivity contribution in [2.45, 2.75) is 18.3 Å². The van der Waals surface area contributed by atoms with Crippen molar-refractivity contribution in [2.24, 2.45) is 0 Å². The van der Waals surface area contributed by atoms with Crippen molar-refractivity contribution in [3.05, 3.63) is 216 Å². The largest absolute Gasteiger partial charge is 0.457 e. The molecule has 0 fully saturated rings. The van der Waals surface area contributed by atoms with Crippen molar-refractivity contribution in [3.8, 4) is 62.5 Å². The Morgan fingerprint density at radius 3 is 1.84 bits per heavy atom. The van der Waals surface area contributed by atoms with Crippen molar-refractivity contribution in [1.29, 1.82) is 0 Å². The van der Waals surface area contributed by atoms with Gasteiger partial charge in [-0.15, -0.1) is 0 Å². The second-order valence-corrected chi connectivity index (χ2v) is 15.0. The molecule has 0 atom stereocenters. The number of hydrogen-bond donors (Lipinski definition) is 0. The first-order chi connectivity index (χ1) is 28.7. The molecule has 0 amide bonds. The van der Waals surface area contributed by atoms with E-state index in [2.05, 4.69) is 138 Å². The molecule has 0 radical (unpaired) electrons. The second-order valence-electron chi connectivity index (χ2n) is 15.0. The summed E-state index contributed by atoms with van der Waals surface area (Å²) in [6.45, 7) is 0. The smallest absolute Gasteiger partial charge is 0.164 e. The van der Waals surface area contributed by atoms with Crippen LogP contribution in [0.4, 0.5) is 11.4 Å². The summed E-state index contributed by atoms with van der Waals surface area (Å²) in [6.07, 6.45) is 6.18. The van der Waals surface area contributed by atoms with Crippen LogP contribution in [0.2, 0.25) is 0 Å². The van der Waals surface area contributed by atoms with Crippen LogP contribution < -0.4 is 14.4 Å². The maximum atomic E-state index is 6.84. The highest BCUT2D eigenvalue weighted by atomic mass is 16.5. The first kappa shape index (κ1) is 32.7. The van der Waals surface area contributed by atoms with Gasteiger partial charge in [0.2, 0.25) is 0 Å². The van der Waals surface area contributed by atoms with E-state index in [4.69, 9.17) is 24.4 Å². The zero-order valence-electron chi connectivity index (χ0n) is 31.3. The summed E-state index contributed by atoms with van der Waals surface area (Å²) in [7, 11) is 0. The zero-order valence-corrected chi connectivity index (χ0v) is 31.3. The number of para-hydroxylation sites is 3. The van der Waals surface area contributed by atoms with Crippen molar-refractivity contribution >= 4 is 11.4 Å². The van der Waals surface area contributed by atoms with E-state index in [1.165, 1.54) is 22.3 Å². The first-order valence-corrected chi connectivity index (χ1v) is 19.7. The fraction of sp³-hybridized carbons (Fsp3) is 0.0577. The van der Waals surface area contributed by atoms with E-state index in [0.717, 1.165) is 80.7 Å². The number of anilines is 2. The standard InChI is InChI=1S/C52H34N4O2/c1-2-15-33(16-3-1)49-53-50(34-17-14-18-36(31-34)56-43-24-9-12-27-46(43)58-47-28-13-10-25-44(47)56)55-51(54-49)35-29-30-42-48(32-35)57-45-26-11-8-23-41(45)52(42)39-21-6-4-19-37(39)38-20-5-7-22-40(38)52/h1-12,14-27,29-32H,13,28H2. The van der Waals surface area contributed by atoms with E-state index < -0.39 is 5.41 Å². The molecule has 58 heavy (non-hydrogen) atoms. The lowest BCUT2D eigenvalue weighted by molar-refractivity contribution is 0.388. The van der Waals surface area contributed by atoms with E-state index >= 15 is 0 Å². The molecule has 0 bridgehead atoms. The van der Waals surface area contributed by atoms with Gasteiger partial charge in [0, 0.05) is 39.9 Å². The lowest BCUT2D eigenvalue weighted by Gasteiger charge is -2.39. The second kappa shape index (κ2) is 12.7. The highest BCUT2D eigenvalue weighted by molar-refractivity contribution is 5.89. The minimum absolute atomic E-state index is 0.545. The average molecular weight is 747 g/mol. The quantitative estimate of drug-likeness (QED) is 0.179. The molecule has 6 heteroatoms. The average Bonchev–Trinajstić information content (AvgIpc) is 3.58. The van der Waals surface area contributed by atoms with E-state index in [1.807, 2.05) is 48.5 Å². The summed E-state index contributed by atoms with van der Waals surface area (Å²) < 4.78 is 13.2. The Kier molecular flexibility index (Phi) is 7.17. The van der Waals surface area contributed by atoms with Crippen LogP contribution in [0, 0.1) is 0 Å². The molecular weight excluding hydrogens is 713 g/mol. The zero-order chi connectivity index (χ0) is 38.2. The van der Waals surface area contributed by atoms with Gasteiger partial charge in [0.05, 0.1) is 16.8 Å². The predicted molar refractivity (Wildman–Crippen MR) is 228 cm³/mol. The normalized spacial score (nSPS) is 15.0. The van der Waals surface area contributed by atoms with E-state index in [0.29, 0.717) is 17.5 Å². The van der Waals surface area contributed by atoms with Crippen molar-refractivity contribution in [1.82, 2.24) is 15.0 Å². The Labute approximate surface area is 336 Å². The maximum absolute atomic E-state index is 6.84. The SMILES string of the molecule is C1=CC2=C(CC1)Oc1ccccc1N2c1cccc(-c2nc(-c3ccccc3)nc(-c3ccc4c(c3)Oc3ccccc3C43c4ccccc4-c4ccccc43)n2)c1. The highest BCUT2D eigenvalue weighted by Gasteiger charge is 2.51. The lowest BCUT2D eigenvalue weighted by atomic mass is 9.66. The summed E-state index contributed by atoms with van der Waals surface area (Å²) >= 11 is 0. The summed E-state index contributed by atoms with van der Waals surface area (Å²) in [5, 5.41) is 0. The maximum Gasteiger partial charge on any atom is 0.164 e. The summed E-state index contributed by atoms with van der Waals surface area (Å²) in [5.74, 6) is 5.19. The number of fused-ring (bicyclic) bond motifs is 10. The first-order valence-electron chi connectivity index (χ1n) is 19.7. The number of benzene rings is 7. The Balaban J connectivity index is 1.03. The highest BCUT2D eigenvalue weighted by Crippen LogP contribution is 2.62. The van der Waals surface area contributed by atoms with E-state index in [-0.39, 0.29) is 0 Å². The van der Waals surface area contributed by atoms with Gasteiger partial charge in [-0.2, -0.15) is 0 Å². The molecule has 274 valence electrons. The Morgan fingerprint density at radius 1 is 0.466 bits per heavy atom. The third-order valence-electron chi connectivity index (χ3n) is 11.8. The molecule has 1 aromatic heterocycles. The predicted octanol–water partition coefficient (Wildman–Crippen LogP) is 12.4. The molecule has 4 aliphatic rings. The number of aromatic nitrogens is 3. The molecule has 2 aliphatic carbocycles. The minimum Gasteiger partial charge on any atom is -0.457 e. The van der Waals surface area contributed by atoms with Gasteiger partial charge in [0.15, 0.2) is 23.2 Å². The number of ether oxygens (including phenoxy) is 2. The van der Waals surface area contributed by atoms with Gasteiger partial charge >= 0.3 is 0 Å².